The molecule has 5 heavy (non-hydrogen) atoms. The van der Waals surface area contributed by atoms with Gasteiger partial charge in [0.05, 0.1) is 0 Å². The fourth-order valence-corrected chi connectivity index (χ4v) is 0.909. The second-order valence-electron chi connectivity index (χ2n) is 0.496. The SMILES string of the molecule is C[CH]=[Ir]=[CH]C. The van der Waals surface area contributed by atoms with Crippen LogP contribution in [0.25, 0.3) is 0 Å². The molecule has 0 saturated heterocycles. The second-order valence-corrected chi connectivity index (χ2v) is 4.06. The van der Waals surface area contributed by atoms with E-state index in [9.17, 15) is 0 Å². The molecule has 0 nitrogen and oxygen atoms in total. The standard InChI is InChI=1S/2C2H4.Ir/c2*1-2;/h2*1H,2H3;. The Kier molecular flexibility index (Phi) is 4.73. The first-order valence-corrected chi connectivity index (χ1v) is 4.31. The third-order valence-corrected chi connectivity index (χ3v) is 1.82. The normalized spacial score (nSPS) is 6.80. The molecule has 0 aromatic heterocycles. The zero-order valence-electron chi connectivity index (χ0n) is 3.49. The van der Waals surface area contributed by atoms with E-state index in [1.165, 1.54) is 0 Å². The van der Waals surface area contributed by atoms with Gasteiger partial charge in [-0.05, 0) is 0 Å². The maximum atomic E-state index is 2.25. The Balaban J connectivity index is 3.26. The van der Waals surface area contributed by atoms with Crippen LogP contribution < -0.4 is 0 Å². The van der Waals surface area contributed by atoms with Crippen LogP contribution in [0.4, 0.5) is 0 Å². The first-order chi connectivity index (χ1) is 2.41. The molecule has 0 unspecified atom stereocenters. The van der Waals surface area contributed by atoms with Crippen molar-refractivity contribution in [3.63, 3.8) is 0 Å². The molecule has 0 saturated carbocycles. The van der Waals surface area contributed by atoms with Gasteiger partial charge in [-0.2, -0.15) is 0 Å². The summed E-state index contributed by atoms with van der Waals surface area (Å²) in [5, 5.41) is 0. The Morgan fingerprint density at radius 2 is 1.60 bits per heavy atom. The van der Waals surface area contributed by atoms with Gasteiger partial charge in [-0.3, -0.25) is 0 Å². The van der Waals surface area contributed by atoms with Crippen LogP contribution in [0.5, 0.6) is 0 Å². The van der Waals surface area contributed by atoms with E-state index in [0.717, 1.165) is 0 Å². The van der Waals surface area contributed by atoms with Crippen LogP contribution in [0.2, 0.25) is 0 Å². The van der Waals surface area contributed by atoms with Crippen LogP contribution >= 0.6 is 0 Å². The topological polar surface area (TPSA) is 0 Å². The fourth-order valence-electron chi connectivity index (χ4n) is 0.111. The Labute approximate surface area is 40.2 Å². The second kappa shape index (κ2) is 4.39. The first-order valence-electron chi connectivity index (χ1n) is 1.54. The molecule has 33 valence electrons. The summed E-state index contributed by atoms with van der Waals surface area (Å²) in [6, 6.07) is 0. The molecular formula is C4H8Ir. The molecule has 0 atom stereocenters. The molecule has 0 aliphatic heterocycles. The Hall–Kier alpha value is 0.389. The summed E-state index contributed by atoms with van der Waals surface area (Å²) >= 11 is 0.278. The molecule has 0 amide bonds. The molecule has 0 fully saturated rings. The van der Waals surface area contributed by atoms with Crippen LogP contribution in [0.15, 0.2) is 0 Å². The summed E-state index contributed by atoms with van der Waals surface area (Å²) in [5.41, 5.74) is 0. The van der Waals surface area contributed by atoms with E-state index in [0.29, 0.717) is 0 Å². The maximum absolute atomic E-state index is 2.25. The van der Waals surface area contributed by atoms with Crippen LogP contribution in [0.1, 0.15) is 13.8 Å². The fraction of sp³-hybridized carbons (Fsp3) is 0.500. The predicted octanol–water partition coefficient (Wildman–Crippen LogP) is 0.713. The van der Waals surface area contributed by atoms with Crippen molar-refractivity contribution in [3.8, 4) is 0 Å². The van der Waals surface area contributed by atoms with Crippen molar-refractivity contribution in [2.45, 2.75) is 13.8 Å². The van der Waals surface area contributed by atoms with Gasteiger partial charge in [0.25, 0.3) is 0 Å². The minimum atomic E-state index is 0.278. The van der Waals surface area contributed by atoms with Crippen molar-refractivity contribution in [1.29, 1.82) is 0 Å². The van der Waals surface area contributed by atoms with E-state index in [1.807, 2.05) is 0 Å². The van der Waals surface area contributed by atoms with Gasteiger partial charge < -0.3 is 0 Å². The monoisotopic (exact) mass is 249 g/mol. The van der Waals surface area contributed by atoms with Gasteiger partial charge in [0.15, 0.2) is 0 Å². The Morgan fingerprint density at radius 1 is 1.20 bits per heavy atom. The predicted molar refractivity (Wildman–Crippen MR) is 23.5 cm³/mol. The van der Waals surface area contributed by atoms with E-state index in [-0.39, 0.29) is 16.8 Å². The molecule has 0 heterocycles. The minimum absolute atomic E-state index is 0.278. The third kappa shape index (κ3) is 4.39. The van der Waals surface area contributed by atoms with Crippen LogP contribution in [0, 0.1) is 0 Å². The average molecular weight is 248 g/mol. The van der Waals surface area contributed by atoms with Crippen LogP contribution in [0.3, 0.4) is 0 Å². The van der Waals surface area contributed by atoms with Crippen molar-refractivity contribution < 1.29 is 16.8 Å². The molecule has 0 spiro atoms. The molecule has 0 aromatic rings. The molecule has 1 heteroatoms. The zero-order valence-corrected chi connectivity index (χ0v) is 5.88. The van der Waals surface area contributed by atoms with Gasteiger partial charge in [0.1, 0.15) is 0 Å². The molecular weight excluding hydrogens is 240 g/mol. The van der Waals surface area contributed by atoms with Crippen molar-refractivity contribution >= 4 is 9.05 Å². The zero-order chi connectivity index (χ0) is 4.12. The van der Waals surface area contributed by atoms with Gasteiger partial charge in [-0.1, -0.05) is 0 Å². The summed E-state index contributed by atoms with van der Waals surface area (Å²) in [5.74, 6) is 0. The van der Waals surface area contributed by atoms with Gasteiger partial charge in [0, 0.05) is 0 Å². The summed E-state index contributed by atoms with van der Waals surface area (Å²) in [7, 11) is 0. The van der Waals surface area contributed by atoms with Crippen LogP contribution in [-0.2, 0) is 16.8 Å². The average Bonchev–Trinajstić information content (AvgIpc) is 1.41. The number of hydrogen-bond acceptors (Lipinski definition) is 0. The third-order valence-electron chi connectivity index (χ3n) is 0.222. The molecule has 0 N–H and O–H groups in total. The van der Waals surface area contributed by atoms with E-state index in [2.05, 4.69) is 22.9 Å². The first kappa shape index (κ1) is 5.39. The van der Waals surface area contributed by atoms with E-state index < -0.39 is 0 Å². The van der Waals surface area contributed by atoms with E-state index in [1.54, 1.807) is 0 Å². The van der Waals surface area contributed by atoms with Gasteiger partial charge in [-0.15, -0.1) is 0 Å². The number of hydrogen-bond donors (Lipinski definition) is 0. The van der Waals surface area contributed by atoms with E-state index in [4.69, 9.17) is 0 Å². The summed E-state index contributed by atoms with van der Waals surface area (Å²) in [4.78, 5) is 0. The van der Waals surface area contributed by atoms with Crippen LogP contribution in [-0.4, -0.2) is 9.05 Å². The summed E-state index contributed by atoms with van der Waals surface area (Å²) in [6.45, 7) is 4.22. The van der Waals surface area contributed by atoms with Crippen molar-refractivity contribution in [3.05, 3.63) is 0 Å². The Bertz CT molecular complexity index is 52.0. The summed E-state index contributed by atoms with van der Waals surface area (Å²) in [6.07, 6.45) is 0. The van der Waals surface area contributed by atoms with Gasteiger partial charge >= 0.3 is 39.7 Å². The molecule has 0 radical (unpaired) electrons. The van der Waals surface area contributed by atoms with Crippen molar-refractivity contribution in [1.82, 2.24) is 0 Å². The molecule has 0 aliphatic rings. The van der Waals surface area contributed by atoms with Crippen molar-refractivity contribution in [2.24, 2.45) is 0 Å². The molecule has 0 bridgehead atoms. The molecule has 0 aliphatic carbocycles. The van der Waals surface area contributed by atoms with Gasteiger partial charge in [-0.25, -0.2) is 0 Å². The summed E-state index contributed by atoms with van der Waals surface area (Å²) < 4.78 is 4.50. The van der Waals surface area contributed by atoms with Gasteiger partial charge in [0.2, 0.25) is 0 Å². The Morgan fingerprint density at radius 3 is 1.60 bits per heavy atom. The quantitative estimate of drug-likeness (QED) is 0.592. The number of rotatable bonds is 0. The molecule has 0 rings (SSSR count). The molecule has 0 aromatic carbocycles. The van der Waals surface area contributed by atoms with Crippen molar-refractivity contribution in [2.75, 3.05) is 0 Å². The van der Waals surface area contributed by atoms with E-state index >= 15 is 0 Å².